The lowest BCUT2D eigenvalue weighted by atomic mass is 9.98. The van der Waals surface area contributed by atoms with Gasteiger partial charge in [-0.15, -0.1) is 0 Å². The van der Waals surface area contributed by atoms with Gasteiger partial charge >= 0.3 is 0 Å². The molecule has 0 atom stereocenters. The highest BCUT2D eigenvalue weighted by Gasteiger charge is 2.23. The van der Waals surface area contributed by atoms with E-state index >= 15 is 0 Å². The van der Waals surface area contributed by atoms with Crippen LogP contribution < -0.4 is 0 Å². The van der Waals surface area contributed by atoms with Gasteiger partial charge in [0, 0.05) is 54.9 Å². The van der Waals surface area contributed by atoms with Crippen molar-refractivity contribution in [3.8, 4) is 96.4 Å². The van der Waals surface area contributed by atoms with Crippen LogP contribution in [0.25, 0.3) is 134 Å². The van der Waals surface area contributed by atoms with E-state index < -0.39 is 0 Å². The largest absolute Gasteiger partial charge is 0.309 e. The fourth-order valence-electron chi connectivity index (χ4n) is 10.8. The van der Waals surface area contributed by atoms with Crippen LogP contribution in [0.15, 0.2) is 261 Å². The third-order valence-electron chi connectivity index (χ3n) is 14.4. The van der Waals surface area contributed by atoms with Crippen molar-refractivity contribution >= 4 is 43.6 Å². The Morgan fingerprint density at radius 2 is 0.618 bits per heavy atom. The highest BCUT2D eigenvalue weighted by molar-refractivity contribution is 6.12. The van der Waals surface area contributed by atoms with Crippen LogP contribution in [-0.2, 0) is 0 Å². The van der Waals surface area contributed by atoms with Crippen LogP contribution in [0.4, 0.5) is 0 Å². The Bertz CT molecular complexity index is 4410. The van der Waals surface area contributed by atoms with Crippen molar-refractivity contribution in [1.82, 2.24) is 29.1 Å². The van der Waals surface area contributed by atoms with E-state index in [0.717, 1.165) is 111 Å². The van der Waals surface area contributed by atoms with Gasteiger partial charge in [-0.2, -0.15) is 5.26 Å². The number of hydrogen-bond acceptors (Lipinski definition) is 5. The molecule has 0 unspecified atom stereocenters. The van der Waals surface area contributed by atoms with Crippen molar-refractivity contribution in [3.63, 3.8) is 0 Å². The fraction of sp³-hybridized carbons (Fsp3) is 0. The quantitative estimate of drug-likeness (QED) is 0.144. The zero-order valence-electron chi connectivity index (χ0n) is 41.0. The maximum Gasteiger partial charge on any atom is 0.162 e. The van der Waals surface area contributed by atoms with Gasteiger partial charge in [-0.1, -0.05) is 188 Å². The summed E-state index contributed by atoms with van der Waals surface area (Å²) in [5.41, 5.74) is 17.5. The molecule has 0 saturated heterocycles. The number of nitriles is 1. The second-order valence-corrected chi connectivity index (χ2v) is 18.9. The molecule has 0 aliphatic rings. The lowest BCUT2D eigenvalue weighted by Gasteiger charge is -2.17. The van der Waals surface area contributed by atoms with Gasteiger partial charge in [0.15, 0.2) is 11.6 Å². The number of fused-ring (bicyclic) bond motifs is 6. The first-order chi connectivity index (χ1) is 37.6. The van der Waals surface area contributed by atoms with Gasteiger partial charge in [0.05, 0.1) is 67.8 Å². The van der Waals surface area contributed by atoms with Crippen molar-refractivity contribution < 1.29 is 0 Å². The zero-order chi connectivity index (χ0) is 50.5. The van der Waals surface area contributed by atoms with Crippen LogP contribution >= 0.6 is 0 Å². The maximum atomic E-state index is 10.4. The Morgan fingerprint density at radius 1 is 0.276 bits per heavy atom. The molecule has 0 bridgehead atoms. The van der Waals surface area contributed by atoms with E-state index in [0.29, 0.717) is 17.2 Å². The molecule has 354 valence electrons. The smallest absolute Gasteiger partial charge is 0.162 e. The Morgan fingerprint density at radius 3 is 1.05 bits per heavy atom. The van der Waals surface area contributed by atoms with E-state index in [2.05, 4.69) is 203 Å². The molecule has 76 heavy (non-hydrogen) atoms. The maximum absolute atomic E-state index is 10.4. The van der Waals surface area contributed by atoms with Gasteiger partial charge in [0.25, 0.3) is 0 Å². The van der Waals surface area contributed by atoms with E-state index in [-0.39, 0.29) is 0 Å². The van der Waals surface area contributed by atoms with Crippen molar-refractivity contribution in [3.05, 3.63) is 266 Å². The lowest BCUT2D eigenvalue weighted by molar-refractivity contribution is 1.14. The second-order valence-electron chi connectivity index (χ2n) is 18.9. The summed E-state index contributed by atoms with van der Waals surface area (Å²) in [7, 11) is 0. The summed E-state index contributed by atoms with van der Waals surface area (Å²) in [5.74, 6) is 1.15. The van der Waals surface area contributed by atoms with E-state index in [9.17, 15) is 5.26 Å². The number of nitrogens with zero attached hydrogens (tertiary/aromatic N) is 7. The van der Waals surface area contributed by atoms with Crippen LogP contribution in [0.1, 0.15) is 5.56 Å². The minimum absolute atomic E-state index is 0.520. The summed E-state index contributed by atoms with van der Waals surface area (Å²) >= 11 is 0. The number of hydrogen-bond donors (Lipinski definition) is 0. The molecule has 0 saturated carbocycles. The minimum atomic E-state index is 0.520. The number of aromatic nitrogens is 6. The van der Waals surface area contributed by atoms with Crippen LogP contribution in [0.3, 0.4) is 0 Å². The molecular formula is C69H43N7. The SMILES string of the molecule is N#Cc1ccc(-n2c3ccccc3c3cc(-c4ccc(-n5c6ccccc6c6ccccc65)c(-c5nc(-c6ccccc6)cc(-c6ccccc6)n5)c4)ccc32)c(-c2nc(-c3ccccc3)cc(-c3ccccc3)n2)c1. The fourth-order valence-corrected chi connectivity index (χ4v) is 10.8. The van der Waals surface area contributed by atoms with E-state index in [1.165, 1.54) is 10.8 Å². The van der Waals surface area contributed by atoms with Crippen molar-refractivity contribution in [2.45, 2.75) is 0 Å². The number of rotatable bonds is 9. The molecule has 4 aromatic heterocycles. The highest BCUT2D eigenvalue weighted by Crippen LogP contribution is 2.42. The third kappa shape index (κ3) is 7.68. The predicted molar refractivity (Wildman–Crippen MR) is 309 cm³/mol. The monoisotopic (exact) mass is 969 g/mol. The van der Waals surface area contributed by atoms with Gasteiger partial charge in [-0.05, 0) is 83.9 Å². The molecule has 14 aromatic rings. The average molecular weight is 970 g/mol. The molecule has 0 radical (unpaired) electrons. The van der Waals surface area contributed by atoms with Crippen LogP contribution in [-0.4, -0.2) is 29.1 Å². The zero-order valence-corrected chi connectivity index (χ0v) is 41.0. The Balaban J connectivity index is 0.983. The first-order valence-electron chi connectivity index (χ1n) is 25.3. The van der Waals surface area contributed by atoms with Crippen molar-refractivity contribution in [2.75, 3.05) is 0 Å². The van der Waals surface area contributed by atoms with Gasteiger partial charge in [0.2, 0.25) is 0 Å². The second kappa shape index (κ2) is 18.5. The molecule has 4 heterocycles. The summed E-state index contributed by atoms with van der Waals surface area (Å²) in [4.78, 5) is 21.4. The molecule has 0 amide bonds. The molecule has 0 spiro atoms. The summed E-state index contributed by atoms with van der Waals surface area (Å²) < 4.78 is 4.65. The van der Waals surface area contributed by atoms with Crippen molar-refractivity contribution in [1.29, 1.82) is 5.26 Å². The molecule has 0 N–H and O–H groups in total. The number of para-hydroxylation sites is 3. The van der Waals surface area contributed by atoms with E-state index in [1.54, 1.807) is 0 Å². The molecule has 10 aromatic carbocycles. The molecule has 0 aliphatic heterocycles. The van der Waals surface area contributed by atoms with Crippen LogP contribution in [0.2, 0.25) is 0 Å². The standard InChI is InChI=1S/C69H43N7/c70-44-45-33-36-66(56(39-45)68-71-58(46-19-5-1-6-20-46)42-59(72-68)47-21-7-2-8-22-47)76-64-32-18-15-29-54(64)55-40-50(34-37-65(55)76)51-35-38-67(75-62-30-16-13-27-52(62)53-28-14-17-31-63(53)75)57(41-51)69-73-60(48-23-9-3-10-24-48)43-61(74-69)49-25-11-4-12-26-49/h1-43H. The summed E-state index contributed by atoms with van der Waals surface area (Å²) in [6.45, 7) is 0. The predicted octanol–water partition coefficient (Wildman–Crippen LogP) is 17.0. The van der Waals surface area contributed by atoms with Gasteiger partial charge in [-0.25, -0.2) is 19.9 Å². The molecule has 0 aliphatic carbocycles. The van der Waals surface area contributed by atoms with Crippen molar-refractivity contribution in [2.24, 2.45) is 0 Å². The highest BCUT2D eigenvalue weighted by atomic mass is 15.0. The first kappa shape index (κ1) is 44.2. The van der Waals surface area contributed by atoms with Gasteiger partial charge < -0.3 is 9.13 Å². The topological polar surface area (TPSA) is 85.2 Å². The van der Waals surface area contributed by atoms with E-state index in [4.69, 9.17) is 19.9 Å². The molecule has 14 rings (SSSR count). The first-order valence-corrected chi connectivity index (χ1v) is 25.3. The molecule has 7 nitrogen and oxygen atoms in total. The molecular weight excluding hydrogens is 927 g/mol. The minimum Gasteiger partial charge on any atom is -0.309 e. The summed E-state index contributed by atoms with van der Waals surface area (Å²) in [6, 6.07) is 92.6. The van der Waals surface area contributed by atoms with Gasteiger partial charge in [0.1, 0.15) is 0 Å². The third-order valence-corrected chi connectivity index (χ3v) is 14.4. The normalized spacial score (nSPS) is 11.4. The molecule has 0 fully saturated rings. The van der Waals surface area contributed by atoms with Crippen LogP contribution in [0, 0.1) is 11.3 Å². The molecule has 7 heteroatoms. The average Bonchev–Trinajstić information content (AvgIpc) is 4.11. The summed E-state index contributed by atoms with van der Waals surface area (Å²) in [5, 5.41) is 14.9. The van der Waals surface area contributed by atoms with Gasteiger partial charge in [-0.3, -0.25) is 0 Å². The Kier molecular flexibility index (Phi) is 10.7. The Labute approximate surface area is 438 Å². The Hall–Kier alpha value is -10.6. The lowest BCUT2D eigenvalue weighted by Crippen LogP contribution is -2.02. The van der Waals surface area contributed by atoms with E-state index in [1.807, 2.05) is 72.8 Å². The van der Waals surface area contributed by atoms with Crippen LogP contribution in [0.5, 0.6) is 0 Å². The number of benzene rings is 10. The summed E-state index contributed by atoms with van der Waals surface area (Å²) in [6.07, 6.45) is 0.